The summed E-state index contributed by atoms with van der Waals surface area (Å²) in [4.78, 5) is 25.2. The normalized spacial score (nSPS) is 20.8. The molecule has 1 saturated heterocycles. The Morgan fingerprint density at radius 3 is 3.10 bits per heavy atom. The molecular formula is C13H14N2O4S. The van der Waals surface area contributed by atoms with Gasteiger partial charge in [-0.25, -0.2) is 4.79 Å². The van der Waals surface area contributed by atoms with Crippen LogP contribution in [-0.4, -0.2) is 52.7 Å². The van der Waals surface area contributed by atoms with E-state index in [1.165, 1.54) is 16.7 Å². The lowest BCUT2D eigenvalue weighted by Crippen LogP contribution is -2.42. The van der Waals surface area contributed by atoms with E-state index in [4.69, 9.17) is 9.84 Å². The molecule has 2 N–H and O–H groups in total. The lowest BCUT2D eigenvalue weighted by Gasteiger charge is -2.25. The first-order valence-corrected chi connectivity index (χ1v) is 7.45. The SMILES string of the molecule is O=C(O)C1CSCN1C(=O)c1cccc2c1OCCN2. The molecule has 106 valence electrons. The number of nitrogens with zero attached hydrogens (tertiary/aromatic N) is 1. The summed E-state index contributed by atoms with van der Waals surface area (Å²) in [6.45, 7) is 1.19. The van der Waals surface area contributed by atoms with Crippen LogP contribution in [0.25, 0.3) is 0 Å². The Hall–Kier alpha value is -1.89. The third kappa shape index (κ3) is 2.18. The van der Waals surface area contributed by atoms with Crippen LogP contribution in [-0.2, 0) is 4.79 Å². The summed E-state index contributed by atoms with van der Waals surface area (Å²) in [5.74, 6) is 0.0854. The maximum absolute atomic E-state index is 12.6. The van der Waals surface area contributed by atoms with Crippen molar-refractivity contribution < 1.29 is 19.4 Å². The van der Waals surface area contributed by atoms with Crippen LogP contribution in [0.4, 0.5) is 5.69 Å². The molecule has 1 aromatic rings. The van der Waals surface area contributed by atoms with Crippen molar-refractivity contribution in [2.75, 3.05) is 30.1 Å². The number of anilines is 1. The van der Waals surface area contributed by atoms with Crippen molar-refractivity contribution in [1.29, 1.82) is 0 Å². The zero-order valence-corrected chi connectivity index (χ0v) is 11.5. The predicted molar refractivity (Wildman–Crippen MR) is 75.3 cm³/mol. The van der Waals surface area contributed by atoms with E-state index in [2.05, 4.69) is 5.32 Å². The van der Waals surface area contributed by atoms with Gasteiger partial charge in [-0.05, 0) is 12.1 Å². The highest BCUT2D eigenvalue weighted by Crippen LogP contribution is 2.33. The zero-order valence-electron chi connectivity index (χ0n) is 10.7. The van der Waals surface area contributed by atoms with Crippen LogP contribution in [0.15, 0.2) is 18.2 Å². The second-order valence-electron chi connectivity index (χ2n) is 4.59. The Kier molecular flexibility index (Phi) is 3.43. The van der Waals surface area contributed by atoms with Crippen molar-refractivity contribution in [3.05, 3.63) is 23.8 Å². The van der Waals surface area contributed by atoms with Gasteiger partial charge in [0.2, 0.25) is 0 Å². The number of hydrogen-bond donors (Lipinski definition) is 2. The standard InChI is InChI=1S/C13H14N2O4S/c16-12(15-7-20-6-10(15)13(17)18)8-2-1-3-9-11(8)19-5-4-14-9/h1-3,10,14H,4-7H2,(H,17,18). The second-order valence-corrected chi connectivity index (χ2v) is 5.59. The Morgan fingerprint density at radius 1 is 1.45 bits per heavy atom. The molecule has 0 aliphatic carbocycles. The third-order valence-electron chi connectivity index (χ3n) is 3.34. The highest BCUT2D eigenvalue weighted by Gasteiger charge is 2.36. The fraction of sp³-hybridized carbons (Fsp3) is 0.385. The zero-order chi connectivity index (χ0) is 14.1. The number of ether oxygens (including phenoxy) is 1. The van der Waals surface area contributed by atoms with E-state index in [1.54, 1.807) is 12.1 Å². The minimum atomic E-state index is -0.966. The molecule has 6 nitrogen and oxygen atoms in total. The molecule has 20 heavy (non-hydrogen) atoms. The molecule has 1 atom stereocenters. The molecule has 2 heterocycles. The number of thioether (sulfide) groups is 1. The van der Waals surface area contributed by atoms with E-state index in [9.17, 15) is 9.59 Å². The number of carboxylic acid groups (broad SMARTS) is 1. The Morgan fingerprint density at radius 2 is 2.30 bits per heavy atom. The summed E-state index contributed by atoms with van der Waals surface area (Å²) in [5.41, 5.74) is 1.20. The average molecular weight is 294 g/mol. The number of rotatable bonds is 2. The average Bonchev–Trinajstić information content (AvgIpc) is 2.95. The lowest BCUT2D eigenvalue weighted by atomic mass is 10.1. The number of nitrogens with one attached hydrogen (secondary N) is 1. The largest absolute Gasteiger partial charge is 0.489 e. The Balaban J connectivity index is 1.93. The van der Waals surface area contributed by atoms with Crippen molar-refractivity contribution in [2.45, 2.75) is 6.04 Å². The molecular weight excluding hydrogens is 280 g/mol. The van der Waals surface area contributed by atoms with E-state index in [1.807, 2.05) is 6.07 Å². The van der Waals surface area contributed by atoms with Gasteiger partial charge in [0.1, 0.15) is 12.6 Å². The number of hydrogen-bond acceptors (Lipinski definition) is 5. The quantitative estimate of drug-likeness (QED) is 0.850. The van der Waals surface area contributed by atoms with Crippen molar-refractivity contribution in [1.82, 2.24) is 4.90 Å². The summed E-state index contributed by atoms with van der Waals surface area (Å²) >= 11 is 1.45. The van der Waals surface area contributed by atoms with Gasteiger partial charge in [0.15, 0.2) is 5.75 Å². The molecule has 3 rings (SSSR count). The molecule has 1 amide bonds. The van der Waals surface area contributed by atoms with E-state index in [-0.39, 0.29) is 5.91 Å². The van der Waals surface area contributed by atoms with Crippen LogP contribution in [0.2, 0.25) is 0 Å². The molecule has 0 saturated carbocycles. The van der Waals surface area contributed by atoms with Crippen molar-refractivity contribution in [3.63, 3.8) is 0 Å². The van der Waals surface area contributed by atoms with Crippen LogP contribution < -0.4 is 10.1 Å². The van der Waals surface area contributed by atoms with Gasteiger partial charge in [0, 0.05) is 12.3 Å². The van der Waals surface area contributed by atoms with Crippen molar-refractivity contribution >= 4 is 29.3 Å². The van der Waals surface area contributed by atoms with Crippen molar-refractivity contribution in [2.24, 2.45) is 0 Å². The first kappa shape index (κ1) is 13.1. The second kappa shape index (κ2) is 5.24. The Labute approximate surface area is 120 Å². The summed E-state index contributed by atoms with van der Waals surface area (Å²) in [6, 6.07) is 4.53. The maximum Gasteiger partial charge on any atom is 0.327 e. The fourth-order valence-corrected chi connectivity index (χ4v) is 3.49. The minimum absolute atomic E-state index is 0.289. The van der Waals surface area contributed by atoms with Gasteiger partial charge in [-0.2, -0.15) is 0 Å². The predicted octanol–water partition coefficient (Wildman–Crippen LogP) is 1.09. The van der Waals surface area contributed by atoms with Crippen LogP contribution in [0, 0.1) is 0 Å². The number of carboxylic acids is 1. The molecule has 2 aliphatic heterocycles. The summed E-state index contributed by atoms with van der Waals surface area (Å²) in [7, 11) is 0. The molecule has 0 spiro atoms. The monoisotopic (exact) mass is 294 g/mol. The van der Waals surface area contributed by atoms with Gasteiger partial charge in [-0.3, -0.25) is 4.79 Å². The number of aliphatic carboxylic acids is 1. The van der Waals surface area contributed by atoms with Gasteiger partial charge >= 0.3 is 5.97 Å². The number of carbonyl (C=O) groups is 2. The third-order valence-corrected chi connectivity index (χ3v) is 4.35. The summed E-state index contributed by atoms with van der Waals surface area (Å²) < 4.78 is 5.57. The van der Waals surface area contributed by atoms with E-state index in [0.29, 0.717) is 36.1 Å². The smallest absolute Gasteiger partial charge is 0.327 e. The maximum atomic E-state index is 12.6. The molecule has 2 aliphatic rings. The highest BCUT2D eigenvalue weighted by atomic mass is 32.2. The van der Waals surface area contributed by atoms with Gasteiger partial charge in [-0.15, -0.1) is 11.8 Å². The first-order valence-electron chi connectivity index (χ1n) is 6.29. The number of carbonyl (C=O) groups excluding carboxylic acids is 1. The minimum Gasteiger partial charge on any atom is -0.489 e. The van der Waals surface area contributed by atoms with E-state index >= 15 is 0 Å². The molecule has 1 aromatic carbocycles. The molecule has 1 fully saturated rings. The van der Waals surface area contributed by atoms with Gasteiger partial charge in [0.05, 0.1) is 17.1 Å². The molecule has 1 unspecified atom stereocenters. The van der Waals surface area contributed by atoms with Crippen molar-refractivity contribution in [3.8, 4) is 5.75 Å². The lowest BCUT2D eigenvalue weighted by molar-refractivity contribution is -0.140. The Bertz CT molecular complexity index is 563. The fourth-order valence-electron chi connectivity index (χ4n) is 2.34. The number of amides is 1. The number of fused-ring (bicyclic) bond motifs is 1. The molecule has 0 aromatic heterocycles. The van der Waals surface area contributed by atoms with Crippen LogP contribution in [0.1, 0.15) is 10.4 Å². The topological polar surface area (TPSA) is 78.9 Å². The van der Waals surface area contributed by atoms with Gasteiger partial charge < -0.3 is 20.1 Å². The summed E-state index contributed by atoms with van der Waals surface area (Å²) in [5, 5.41) is 12.3. The van der Waals surface area contributed by atoms with E-state index in [0.717, 1.165) is 5.69 Å². The first-order chi connectivity index (χ1) is 9.68. The van der Waals surface area contributed by atoms with Crippen LogP contribution >= 0.6 is 11.8 Å². The molecule has 7 heteroatoms. The number of para-hydroxylation sites is 1. The van der Waals surface area contributed by atoms with Gasteiger partial charge in [-0.1, -0.05) is 6.07 Å². The summed E-state index contributed by atoms with van der Waals surface area (Å²) in [6.07, 6.45) is 0. The van der Waals surface area contributed by atoms with Crippen LogP contribution in [0.3, 0.4) is 0 Å². The van der Waals surface area contributed by atoms with Gasteiger partial charge in [0.25, 0.3) is 5.91 Å². The molecule has 0 bridgehead atoms. The van der Waals surface area contributed by atoms with Crippen LogP contribution in [0.5, 0.6) is 5.75 Å². The molecule has 0 radical (unpaired) electrons. The number of benzene rings is 1. The highest BCUT2D eigenvalue weighted by molar-refractivity contribution is 7.99. The van der Waals surface area contributed by atoms with E-state index < -0.39 is 12.0 Å².